The summed E-state index contributed by atoms with van der Waals surface area (Å²) in [6.45, 7) is 3.65. The predicted octanol–water partition coefficient (Wildman–Crippen LogP) is -0.826. The molecule has 3 fully saturated rings. The molecule has 0 aromatic carbocycles. The predicted molar refractivity (Wildman–Crippen MR) is 94.1 cm³/mol. The van der Waals surface area contributed by atoms with Crippen molar-refractivity contribution in [2.24, 2.45) is 5.92 Å². The van der Waals surface area contributed by atoms with Crippen molar-refractivity contribution in [3.63, 3.8) is 0 Å². The van der Waals surface area contributed by atoms with Crippen LogP contribution in [0.25, 0.3) is 0 Å². The number of likely N-dealkylation sites (tertiary alicyclic amines) is 1. The van der Waals surface area contributed by atoms with E-state index in [0.717, 1.165) is 19.5 Å². The molecule has 0 spiro atoms. The first-order chi connectivity index (χ1) is 11.7. The number of hydrogen-bond acceptors (Lipinski definition) is 5. The van der Waals surface area contributed by atoms with Crippen LogP contribution >= 0.6 is 0 Å². The topological polar surface area (TPSA) is 84.4 Å². The molecule has 2 saturated heterocycles. The van der Waals surface area contributed by atoms with Gasteiger partial charge in [-0.1, -0.05) is 0 Å². The molecule has 8 nitrogen and oxygen atoms in total. The average Bonchev–Trinajstić information content (AvgIpc) is 3.36. The Hall–Kier alpha value is -0.740. The molecule has 2 heterocycles. The highest BCUT2D eigenvalue weighted by Gasteiger charge is 2.45. The van der Waals surface area contributed by atoms with E-state index in [1.54, 1.807) is 0 Å². The molecular formula is C16H30N4O4S. The Morgan fingerprint density at radius 3 is 2.36 bits per heavy atom. The molecule has 0 radical (unpaired) electrons. The second-order valence-electron chi connectivity index (χ2n) is 7.80. The maximum Gasteiger partial charge on any atom is 0.281 e. The summed E-state index contributed by atoms with van der Waals surface area (Å²) in [4.78, 5) is 16.6. The number of rotatable bonds is 6. The van der Waals surface area contributed by atoms with Crippen LogP contribution in [-0.2, 0) is 15.0 Å². The first-order valence-electron chi connectivity index (χ1n) is 9.14. The largest absolute Gasteiger partial charge is 0.379 e. The minimum Gasteiger partial charge on any atom is -0.379 e. The molecule has 25 heavy (non-hydrogen) atoms. The van der Waals surface area contributed by atoms with Crippen LogP contribution in [0.5, 0.6) is 0 Å². The Balaban J connectivity index is 1.56. The van der Waals surface area contributed by atoms with Crippen LogP contribution in [-0.4, -0.2) is 103 Å². The highest BCUT2D eigenvalue weighted by atomic mass is 32.2. The summed E-state index contributed by atoms with van der Waals surface area (Å²) >= 11 is 0. The molecule has 1 aliphatic carbocycles. The fourth-order valence-electron chi connectivity index (χ4n) is 3.72. The zero-order valence-corrected chi connectivity index (χ0v) is 16.0. The molecule has 3 rings (SSSR count). The Morgan fingerprint density at radius 2 is 1.80 bits per heavy atom. The Kier molecular flexibility index (Phi) is 5.41. The van der Waals surface area contributed by atoms with Gasteiger partial charge < -0.3 is 10.0 Å². The summed E-state index contributed by atoms with van der Waals surface area (Å²) in [6.07, 6.45) is 3.68. The fourth-order valence-corrected chi connectivity index (χ4v) is 4.80. The molecule has 144 valence electrons. The van der Waals surface area contributed by atoms with E-state index in [9.17, 15) is 18.3 Å². The van der Waals surface area contributed by atoms with E-state index < -0.39 is 15.8 Å². The zero-order valence-electron chi connectivity index (χ0n) is 15.2. The van der Waals surface area contributed by atoms with Gasteiger partial charge in [-0.3, -0.25) is 9.69 Å². The minimum absolute atomic E-state index is 0.144. The SMILES string of the molecule is CN(C)S(=O)(=O)N1CCN(CC2(O)CCCN(CC3CC3)C2=O)CC1. The molecule has 0 aromatic heterocycles. The number of aliphatic hydroxyl groups is 1. The van der Waals surface area contributed by atoms with E-state index in [0.29, 0.717) is 45.1 Å². The van der Waals surface area contributed by atoms with Crippen LogP contribution in [0, 0.1) is 5.92 Å². The van der Waals surface area contributed by atoms with Gasteiger partial charge in [-0.05, 0) is 31.6 Å². The van der Waals surface area contributed by atoms with Crippen molar-refractivity contribution in [3.8, 4) is 0 Å². The molecule has 1 N–H and O–H groups in total. The Morgan fingerprint density at radius 1 is 1.16 bits per heavy atom. The van der Waals surface area contributed by atoms with Crippen molar-refractivity contribution in [3.05, 3.63) is 0 Å². The third kappa shape index (κ3) is 4.16. The molecule has 1 unspecified atom stereocenters. The molecule has 0 bridgehead atoms. The maximum atomic E-state index is 12.7. The van der Waals surface area contributed by atoms with Crippen LogP contribution < -0.4 is 0 Å². The third-order valence-corrected chi connectivity index (χ3v) is 7.42. The van der Waals surface area contributed by atoms with E-state index in [2.05, 4.69) is 0 Å². The Bertz CT molecular complexity index is 599. The number of carbonyl (C=O) groups is 1. The van der Waals surface area contributed by atoms with Crippen LogP contribution in [0.4, 0.5) is 0 Å². The van der Waals surface area contributed by atoms with Crippen molar-refractivity contribution in [1.82, 2.24) is 18.4 Å². The lowest BCUT2D eigenvalue weighted by Crippen LogP contribution is -2.61. The van der Waals surface area contributed by atoms with E-state index in [1.165, 1.54) is 35.5 Å². The van der Waals surface area contributed by atoms with Crippen LogP contribution in [0.3, 0.4) is 0 Å². The number of carbonyl (C=O) groups excluding carboxylic acids is 1. The van der Waals surface area contributed by atoms with Crippen molar-refractivity contribution in [2.45, 2.75) is 31.3 Å². The van der Waals surface area contributed by atoms with Crippen LogP contribution in [0.2, 0.25) is 0 Å². The lowest BCUT2D eigenvalue weighted by molar-refractivity contribution is -0.160. The zero-order chi connectivity index (χ0) is 18.2. The van der Waals surface area contributed by atoms with Gasteiger partial charge in [-0.2, -0.15) is 17.0 Å². The monoisotopic (exact) mass is 374 g/mol. The molecule has 9 heteroatoms. The van der Waals surface area contributed by atoms with Gasteiger partial charge in [0.05, 0.1) is 0 Å². The molecule has 1 amide bonds. The number of amides is 1. The number of hydrogen-bond donors (Lipinski definition) is 1. The van der Waals surface area contributed by atoms with Crippen molar-refractivity contribution < 1.29 is 18.3 Å². The van der Waals surface area contributed by atoms with Gasteiger partial charge in [0, 0.05) is 59.9 Å². The van der Waals surface area contributed by atoms with E-state index in [1.807, 2.05) is 9.80 Å². The summed E-state index contributed by atoms with van der Waals surface area (Å²) < 4.78 is 27.0. The van der Waals surface area contributed by atoms with Gasteiger partial charge >= 0.3 is 0 Å². The van der Waals surface area contributed by atoms with Crippen molar-refractivity contribution >= 4 is 16.1 Å². The summed E-state index contributed by atoms with van der Waals surface area (Å²) in [7, 11) is -0.341. The van der Waals surface area contributed by atoms with Gasteiger partial charge in [0.2, 0.25) is 0 Å². The number of β-amino-alcohol motifs (C(OH)–C–C–N with tert-alkyl or cyclic N) is 1. The van der Waals surface area contributed by atoms with Crippen LogP contribution in [0.15, 0.2) is 0 Å². The van der Waals surface area contributed by atoms with Gasteiger partial charge in [-0.25, -0.2) is 0 Å². The van der Waals surface area contributed by atoms with Gasteiger partial charge in [-0.15, -0.1) is 0 Å². The smallest absolute Gasteiger partial charge is 0.281 e. The second-order valence-corrected chi connectivity index (χ2v) is 9.94. The first-order valence-corrected chi connectivity index (χ1v) is 10.5. The van der Waals surface area contributed by atoms with Crippen LogP contribution in [0.1, 0.15) is 25.7 Å². The van der Waals surface area contributed by atoms with Gasteiger partial charge in [0.25, 0.3) is 16.1 Å². The summed E-state index contributed by atoms with van der Waals surface area (Å²) in [6, 6.07) is 0. The van der Waals surface area contributed by atoms with Gasteiger partial charge in [0.15, 0.2) is 5.60 Å². The van der Waals surface area contributed by atoms with E-state index in [4.69, 9.17) is 0 Å². The maximum absolute atomic E-state index is 12.7. The minimum atomic E-state index is -3.40. The lowest BCUT2D eigenvalue weighted by Gasteiger charge is -2.43. The summed E-state index contributed by atoms with van der Waals surface area (Å²) in [5, 5.41) is 10.9. The normalized spacial score (nSPS) is 30.2. The summed E-state index contributed by atoms with van der Waals surface area (Å²) in [5.74, 6) is 0.472. The van der Waals surface area contributed by atoms with Gasteiger partial charge in [0.1, 0.15) is 0 Å². The third-order valence-electron chi connectivity index (χ3n) is 5.48. The lowest BCUT2D eigenvalue weighted by atomic mass is 9.90. The molecule has 1 atom stereocenters. The van der Waals surface area contributed by atoms with E-state index >= 15 is 0 Å². The van der Waals surface area contributed by atoms with Crippen molar-refractivity contribution in [1.29, 1.82) is 0 Å². The highest BCUT2D eigenvalue weighted by Crippen LogP contribution is 2.33. The second kappa shape index (κ2) is 7.11. The molecule has 0 aromatic rings. The fraction of sp³-hybridized carbons (Fsp3) is 0.938. The summed E-state index contributed by atoms with van der Waals surface area (Å²) in [5.41, 5.74) is -1.32. The van der Waals surface area contributed by atoms with E-state index in [-0.39, 0.29) is 5.91 Å². The first kappa shape index (κ1) is 19.0. The molecule has 1 saturated carbocycles. The molecular weight excluding hydrogens is 344 g/mol. The number of piperazine rings is 1. The quantitative estimate of drug-likeness (QED) is 0.656. The number of piperidine rings is 1. The molecule has 3 aliphatic rings. The Labute approximate surface area is 150 Å². The standard InChI is InChI=1S/C16H30N4O4S/c1-17(2)25(23,24)20-10-8-18(9-11-20)13-16(22)6-3-7-19(15(16)21)12-14-4-5-14/h14,22H,3-13H2,1-2H3. The van der Waals surface area contributed by atoms with Crippen molar-refractivity contribution in [2.75, 3.05) is 59.9 Å². The molecule has 2 aliphatic heterocycles. The highest BCUT2D eigenvalue weighted by molar-refractivity contribution is 7.86. The number of nitrogens with zero attached hydrogens (tertiary/aromatic N) is 4. The average molecular weight is 375 g/mol.